The molecule has 1 nitrogen and oxygen atoms in total. The molecule has 3 heteroatoms. The molecule has 0 aliphatic rings. The van der Waals surface area contributed by atoms with Gasteiger partial charge in [-0.25, -0.2) is 0 Å². The van der Waals surface area contributed by atoms with Crippen molar-refractivity contribution in [3.05, 3.63) is 60.7 Å². The summed E-state index contributed by atoms with van der Waals surface area (Å²) in [5.74, 6) is 0. The Morgan fingerprint density at radius 3 is 1.47 bits per heavy atom. The van der Waals surface area contributed by atoms with Gasteiger partial charge in [0.05, 0.1) is 0 Å². The molecular weight excluding hydrogens is 319 g/mol. The molecule has 0 amide bonds. The first-order valence-corrected chi connectivity index (χ1v) is 6.58. The molecule has 0 aliphatic carbocycles. The molecule has 0 aromatic heterocycles. The van der Waals surface area contributed by atoms with Gasteiger partial charge in [-0.3, -0.25) is 0 Å². The Morgan fingerprint density at radius 1 is 0.733 bits per heavy atom. The fraction of sp³-hybridized carbons (Fsp3) is 0. The topological polar surface area (TPSA) is 9.23 Å². The van der Waals surface area contributed by atoms with Crippen LogP contribution in [0.1, 0.15) is 0 Å². The van der Waals surface area contributed by atoms with E-state index < -0.39 is 0 Å². The second kappa shape index (κ2) is 5.53. The summed E-state index contributed by atoms with van der Waals surface area (Å²) < 4.78 is 5.52. The number of rotatable bonds is 3. The highest BCUT2D eigenvalue weighted by atomic mass is 127. The van der Waals surface area contributed by atoms with E-state index in [9.17, 15) is 0 Å². The average molecular weight is 329 g/mol. The molecule has 0 bridgehead atoms. The normalized spacial score (nSPS) is 10.5. The first-order valence-electron chi connectivity index (χ1n) is 4.55. The van der Waals surface area contributed by atoms with E-state index in [1.807, 2.05) is 59.4 Å². The predicted molar refractivity (Wildman–Crippen MR) is 71.9 cm³/mol. The van der Waals surface area contributed by atoms with Crippen LogP contribution in [-0.4, -0.2) is 0 Å². The van der Waals surface area contributed by atoms with Crippen LogP contribution in [0.4, 0.5) is 0 Å². The Bertz CT molecular complexity index is 365. The van der Waals surface area contributed by atoms with Crippen LogP contribution in [-0.2, 0) is 13.7 Å². The largest absolute Gasteiger partial charge is 0.235 e. The van der Waals surface area contributed by atoms with Gasteiger partial charge in [-0.15, -0.1) is 0 Å². The second-order valence-electron chi connectivity index (χ2n) is 2.96. The molecule has 0 radical (unpaired) electrons. The fourth-order valence-electron chi connectivity index (χ4n) is 1.30. The van der Waals surface area contributed by atoms with E-state index >= 15 is 0 Å². The Morgan fingerprint density at radius 2 is 1.13 bits per heavy atom. The van der Waals surface area contributed by atoms with Crippen molar-refractivity contribution >= 4 is 34.2 Å². The number of benzene rings is 2. The van der Waals surface area contributed by atoms with E-state index in [0.717, 1.165) is 0 Å². The molecule has 15 heavy (non-hydrogen) atoms. The van der Waals surface area contributed by atoms with Gasteiger partial charge in [0.25, 0.3) is 0 Å². The van der Waals surface area contributed by atoms with Crippen molar-refractivity contribution in [3.8, 4) is 0 Å². The quantitative estimate of drug-likeness (QED) is 0.611. The smallest absolute Gasteiger partial charge is 0.0952 e. The zero-order chi connectivity index (χ0) is 10.5. The molecule has 0 fully saturated rings. The van der Waals surface area contributed by atoms with Crippen LogP contribution in [0.15, 0.2) is 70.5 Å². The van der Waals surface area contributed by atoms with Crippen molar-refractivity contribution in [1.82, 2.24) is 0 Å². The Labute approximate surface area is 107 Å². The lowest BCUT2D eigenvalue weighted by molar-refractivity contribution is 0.809. The lowest BCUT2D eigenvalue weighted by Gasteiger charge is -2.00. The molecule has 2 aromatic carbocycles. The van der Waals surface area contributed by atoms with Crippen LogP contribution >= 0.6 is 23.0 Å². The monoisotopic (exact) mass is 329 g/mol. The maximum absolute atomic E-state index is 5.52. The summed E-state index contributed by atoms with van der Waals surface area (Å²) in [5.41, 5.74) is 0. The van der Waals surface area contributed by atoms with Crippen molar-refractivity contribution in [2.75, 3.05) is 0 Å². The summed E-state index contributed by atoms with van der Waals surface area (Å²) in [6.07, 6.45) is 0. The van der Waals surface area contributed by atoms with Gasteiger partial charge in [0.2, 0.25) is 11.2 Å². The minimum Gasteiger partial charge on any atom is -0.0952 e. The molecule has 2 rings (SSSR count). The summed E-state index contributed by atoms with van der Waals surface area (Å²) >= 11 is 1.70. The van der Waals surface area contributed by atoms with Gasteiger partial charge >= 0.3 is 0 Å². The molecule has 0 unspecified atom stereocenters. The molecule has 0 heterocycles. The van der Waals surface area contributed by atoms with E-state index in [4.69, 9.17) is 2.51 Å². The zero-order valence-corrected chi connectivity index (χ0v) is 10.9. The minimum atomic E-state index is -0.272. The lowest BCUT2D eigenvalue weighted by atomic mass is 10.4. The molecule has 2 aromatic rings. The fourth-order valence-corrected chi connectivity index (χ4v) is 3.77. The standard InChI is InChI=1S/C12H10IOS/c13-14-15(11-7-3-1-4-8-11)12-9-5-2-6-10-12/h1-10H/q+1. The third-order valence-electron chi connectivity index (χ3n) is 1.98. The number of hydrogen-bond acceptors (Lipinski definition) is 1. The molecule has 0 aliphatic heterocycles. The van der Waals surface area contributed by atoms with Crippen molar-refractivity contribution in [3.63, 3.8) is 0 Å². The van der Waals surface area contributed by atoms with Gasteiger partial charge in [0, 0.05) is 0 Å². The molecule has 76 valence electrons. The first kappa shape index (κ1) is 11.0. The molecule has 0 saturated heterocycles. The van der Waals surface area contributed by atoms with E-state index in [0.29, 0.717) is 0 Å². The minimum absolute atomic E-state index is 0.272. The van der Waals surface area contributed by atoms with Crippen LogP contribution in [0.5, 0.6) is 0 Å². The van der Waals surface area contributed by atoms with Gasteiger partial charge in [0.15, 0.2) is 32.8 Å². The highest BCUT2D eigenvalue weighted by Crippen LogP contribution is 2.25. The molecule has 0 atom stereocenters. The molecule has 0 N–H and O–H groups in total. The van der Waals surface area contributed by atoms with E-state index in [2.05, 4.69) is 24.3 Å². The highest BCUT2D eigenvalue weighted by molar-refractivity contribution is 14.1. The summed E-state index contributed by atoms with van der Waals surface area (Å²) in [4.78, 5) is 2.41. The predicted octanol–water partition coefficient (Wildman–Crippen LogP) is 4.00. The van der Waals surface area contributed by atoms with E-state index in [1.54, 1.807) is 0 Å². The summed E-state index contributed by atoms with van der Waals surface area (Å²) in [6.45, 7) is 0. The summed E-state index contributed by atoms with van der Waals surface area (Å²) in [5, 5.41) is 0. The average Bonchev–Trinajstić information content (AvgIpc) is 2.33. The van der Waals surface area contributed by atoms with Crippen LogP contribution in [0.2, 0.25) is 0 Å². The van der Waals surface area contributed by atoms with Gasteiger partial charge in [-0.05, 0) is 24.3 Å². The van der Waals surface area contributed by atoms with Crippen molar-refractivity contribution in [2.24, 2.45) is 0 Å². The van der Waals surface area contributed by atoms with E-state index in [1.165, 1.54) is 9.79 Å². The Balaban J connectivity index is 2.34. The van der Waals surface area contributed by atoms with Crippen LogP contribution < -0.4 is 0 Å². The van der Waals surface area contributed by atoms with Crippen LogP contribution in [0.25, 0.3) is 0 Å². The van der Waals surface area contributed by atoms with Crippen molar-refractivity contribution < 1.29 is 2.51 Å². The summed E-state index contributed by atoms with van der Waals surface area (Å²) in [6, 6.07) is 20.5. The van der Waals surface area contributed by atoms with Crippen molar-refractivity contribution in [1.29, 1.82) is 0 Å². The van der Waals surface area contributed by atoms with Gasteiger partial charge in [-0.1, -0.05) is 38.9 Å². The van der Waals surface area contributed by atoms with Crippen molar-refractivity contribution in [2.45, 2.75) is 9.79 Å². The third kappa shape index (κ3) is 2.74. The van der Waals surface area contributed by atoms with Crippen LogP contribution in [0.3, 0.4) is 0 Å². The maximum atomic E-state index is 5.52. The third-order valence-corrected chi connectivity index (χ3v) is 4.58. The van der Waals surface area contributed by atoms with Crippen LogP contribution in [0, 0.1) is 0 Å². The number of halogens is 1. The number of hydrogen-bond donors (Lipinski definition) is 0. The molecule has 0 spiro atoms. The Kier molecular flexibility index (Phi) is 4.05. The SMILES string of the molecule is IO[S+](c1ccccc1)c1ccccc1. The maximum Gasteiger partial charge on any atom is 0.235 e. The highest BCUT2D eigenvalue weighted by Gasteiger charge is 2.26. The van der Waals surface area contributed by atoms with E-state index in [-0.39, 0.29) is 11.2 Å². The Hall–Kier alpha value is -0.520. The zero-order valence-electron chi connectivity index (χ0n) is 7.97. The van der Waals surface area contributed by atoms with Gasteiger partial charge in [0.1, 0.15) is 0 Å². The lowest BCUT2D eigenvalue weighted by Crippen LogP contribution is -2.01. The van der Waals surface area contributed by atoms with Gasteiger partial charge in [-0.2, -0.15) is 0 Å². The molecule has 0 saturated carbocycles. The molecular formula is C12H10IOS+. The van der Waals surface area contributed by atoms with Gasteiger partial charge < -0.3 is 0 Å². The summed E-state index contributed by atoms with van der Waals surface area (Å²) in [7, 11) is 0. The first-order chi connectivity index (χ1) is 7.42. The second-order valence-corrected chi connectivity index (χ2v) is 5.64.